The average molecular weight is 258 g/mol. The molecule has 0 fully saturated rings. The molecule has 0 aromatic carbocycles. The van der Waals surface area contributed by atoms with Crippen LogP contribution in [0.25, 0.3) is 0 Å². The van der Waals surface area contributed by atoms with Gasteiger partial charge in [-0.2, -0.15) is 0 Å². The van der Waals surface area contributed by atoms with E-state index < -0.39 is 5.60 Å². The van der Waals surface area contributed by atoms with Crippen molar-refractivity contribution in [3.8, 4) is 0 Å². The van der Waals surface area contributed by atoms with Crippen molar-refractivity contribution in [2.45, 2.75) is 53.6 Å². The Bertz CT molecular complexity index is 201. The molecule has 1 atom stereocenters. The summed E-state index contributed by atoms with van der Waals surface area (Å²) >= 11 is 0. The van der Waals surface area contributed by atoms with Gasteiger partial charge in [-0.15, -0.1) is 0 Å². The first kappa shape index (κ1) is 17.9. The maximum atomic E-state index is 10.3. The van der Waals surface area contributed by atoms with Gasteiger partial charge in [0, 0.05) is 6.54 Å². The van der Waals surface area contributed by atoms with Crippen molar-refractivity contribution in [1.82, 2.24) is 9.80 Å². The van der Waals surface area contributed by atoms with Crippen LogP contribution in [0.2, 0.25) is 0 Å². The molecule has 1 N–H and O–H groups in total. The Morgan fingerprint density at radius 2 is 1.39 bits per heavy atom. The van der Waals surface area contributed by atoms with Crippen molar-refractivity contribution >= 4 is 0 Å². The summed E-state index contributed by atoms with van der Waals surface area (Å²) in [5.74, 6) is 0.300. The second-order valence-electron chi connectivity index (χ2n) is 5.76. The Kier molecular flexibility index (Phi) is 8.83. The second kappa shape index (κ2) is 8.89. The molecule has 18 heavy (non-hydrogen) atoms. The topological polar surface area (TPSA) is 26.7 Å². The SMILES string of the molecule is CCN(CC)CCCN(CC)CC(C)(O)C(C)C. The normalized spacial score (nSPS) is 15.7. The van der Waals surface area contributed by atoms with Gasteiger partial charge < -0.3 is 14.9 Å². The van der Waals surface area contributed by atoms with Gasteiger partial charge in [-0.1, -0.05) is 34.6 Å². The van der Waals surface area contributed by atoms with E-state index in [0.29, 0.717) is 5.92 Å². The molecule has 0 aromatic rings. The maximum absolute atomic E-state index is 10.3. The largest absolute Gasteiger partial charge is 0.389 e. The van der Waals surface area contributed by atoms with Crippen molar-refractivity contribution < 1.29 is 5.11 Å². The van der Waals surface area contributed by atoms with Crippen molar-refractivity contribution in [2.75, 3.05) is 39.3 Å². The van der Waals surface area contributed by atoms with E-state index >= 15 is 0 Å². The highest BCUT2D eigenvalue weighted by Gasteiger charge is 2.26. The molecule has 3 nitrogen and oxygen atoms in total. The molecule has 1 unspecified atom stereocenters. The molecule has 0 amide bonds. The molecule has 110 valence electrons. The van der Waals surface area contributed by atoms with Crippen molar-refractivity contribution in [1.29, 1.82) is 0 Å². The van der Waals surface area contributed by atoms with Gasteiger partial charge in [-0.3, -0.25) is 0 Å². The summed E-state index contributed by atoms with van der Waals surface area (Å²) in [6.45, 7) is 19.0. The molecule has 0 aliphatic rings. The minimum absolute atomic E-state index is 0.300. The minimum atomic E-state index is -0.578. The number of hydrogen-bond acceptors (Lipinski definition) is 3. The maximum Gasteiger partial charge on any atom is 0.0768 e. The Morgan fingerprint density at radius 3 is 1.78 bits per heavy atom. The lowest BCUT2D eigenvalue weighted by atomic mass is 9.92. The Balaban J connectivity index is 4.05. The average Bonchev–Trinajstić information content (AvgIpc) is 2.32. The Morgan fingerprint density at radius 1 is 0.944 bits per heavy atom. The molecule has 0 aliphatic carbocycles. The number of hydrogen-bond donors (Lipinski definition) is 1. The van der Waals surface area contributed by atoms with Crippen LogP contribution in [0.4, 0.5) is 0 Å². The van der Waals surface area contributed by atoms with Gasteiger partial charge in [0.1, 0.15) is 0 Å². The van der Waals surface area contributed by atoms with E-state index in [9.17, 15) is 5.11 Å². The first-order valence-electron chi connectivity index (χ1n) is 7.54. The molecule has 0 aliphatic heterocycles. The molecular formula is C15H34N2O. The van der Waals surface area contributed by atoms with E-state index in [1.807, 2.05) is 6.92 Å². The molecule has 0 heterocycles. The van der Waals surface area contributed by atoms with E-state index in [0.717, 1.165) is 39.3 Å². The van der Waals surface area contributed by atoms with Crippen LogP contribution in [0.15, 0.2) is 0 Å². The van der Waals surface area contributed by atoms with Gasteiger partial charge in [0.2, 0.25) is 0 Å². The first-order chi connectivity index (χ1) is 8.37. The molecule has 0 aromatic heterocycles. The summed E-state index contributed by atoms with van der Waals surface area (Å²) in [6.07, 6.45) is 1.18. The van der Waals surface area contributed by atoms with Crippen LogP contribution in [-0.2, 0) is 0 Å². The lowest BCUT2D eigenvalue weighted by Gasteiger charge is -2.34. The number of likely N-dealkylation sites (N-methyl/N-ethyl adjacent to an activating group) is 1. The third-order valence-corrected chi connectivity index (χ3v) is 4.08. The highest BCUT2D eigenvalue weighted by atomic mass is 16.3. The molecular weight excluding hydrogens is 224 g/mol. The smallest absolute Gasteiger partial charge is 0.0768 e. The highest BCUT2D eigenvalue weighted by molar-refractivity contribution is 4.80. The lowest BCUT2D eigenvalue weighted by Crippen LogP contribution is -2.45. The predicted octanol–water partition coefficient (Wildman–Crippen LogP) is 2.45. The molecule has 0 radical (unpaired) electrons. The quantitative estimate of drug-likeness (QED) is 0.652. The molecule has 3 heteroatoms. The van der Waals surface area contributed by atoms with Gasteiger partial charge in [-0.25, -0.2) is 0 Å². The summed E-state index contributed by atoms with van der Waals surface area (Å²) < 4.78 is 0. The van der Waals surface area contributed by atoms with Crippen molar-refractivity contribution in [3.05, 3.63) is 0 Å². The van der Waals surface area contributed by atoms with Crippen molar-refractivity contribution in [2.24, 2.45) is 5.92 Å². The van der Waals surface area contributed by atoms with Crippen LogP contribution in [0.5, 0.6) is 0 Å². The molecule has 0 spiro atoms. The third kappa shape index (κ3) is 6.72. The monoisotopic (exact) mass is 258 g/mol. The fourth-order valence-electron chi connectivity index (χ4n) is 2.04. The zero-order valence-electron chi connectivity index (χ0n) is 13.4. The second-order valence-corrected chi connectivity index (χ2v) is 5.76. The Hall–Kier alpha value is -0.120. The van der Waals surface area contributed by atoms with Gasteiger partial charge in [0.25, 0.3) is 0 Å². The van der Waals surface area contributed by atoms with Crippen LogP contribution in [-0.4, -0.2) is 59.8 Å². The zero-order chi connectivity index (χ0) is 14.2. The zero-order valence-corrected chi connectivity index (χ0v) is 13.4. The minimum Gasteiger partial charge on any atom is -0.389 e. The van der Waals surface area contributed by atoms with Crippen LogP contribution in [0.1, 0.15) is 48.0 Å². The van der Waals surface area contributed by atoms with Gasteiger partial charge in [0.05, 0.1) is 5.60 Å². The van der Waals surface area contributed by atoms with Gasteiger partial charge in [-0.05, 0) is 52.0 Å². The summed E-state index contributed by atoms with van der Waals surface area (Å²) in [4.78, 5) is 4.82. The van der Waals surface area contributed by atoms with E-state index in [1.165, 1.54) is 6.42 Å². The first-order valence-corrected chi connectivity index (χ1v) is 7.54. The predicted molar refractivity (Wildman–Crippen MR) is 80.0 cm³/mol. The van der Waals surface area contributed by atoms with E-state index in [-0.39, 0.29) is 0 Å². The molecule has 0 saturated carbocycles. The summed E-state index contributed by atoms with van der Waals surface area (Å²) in [7, 11) is 0. The van der Waals surface area contributed by atoms with Gasteiger partial charge >= 0.3 is 0 Å². The fraction of sp³-hybridized carbons (Fsp3) is 1.00. The standard InChI is InChI=1S/C15H34N2O/c1-7-16(8-2)11-10-12-17(9-3)13-15(6,18)14(4)5/h14,18H,7-13H2,1-6H3. The third-order valence-electron chi connectivity index (χ3n) is 4.08. The summed E-state index contributed by atoms with van der Waals surface area (Å²) in [5, 5.41) is 10.3. The summed E-state index contributed by atoms with van der Waals surface area (Å²) in [6, 6.07) is 0. The highest BCUT2D eigenvalue weighted by Crippen LogP contribution is 2.17. The number of nitrogens with zero attached hydrogens (tertiary/aromatic N) is 2. The number of rotatable bonds is 10. The van der Waals surface area contributed by atoms with E-state index in [1.54, 1.807) is 0 Å². The van der Waals surface area contributed by atoms with Crippen LogP contribution in [0.3, 0.4) is 0 Å². The van der Waals surface area contributed by atoms with Crippen LogP contribution >= 0.6 is 0 Å². The molecule has 0 bridgehead atoms. The Labute approximate surface area is 114 Å². The van der Waals surface area contributed by atoms with Crippen LogP contribution < -0.4 is 0 Å². The van der Waals surface area contributed by atoms with E-state index in [4.69, 9.17) is 0 Å². The fourth-order valence-corrected chi connectivity index (χ4v) is 2.04. The lowest BCUT2D eigenvalue weighted by molar-refractivity contribution is -0.0183. The molecule has 0 saturated heterocycles. The number of aliphatic hydroxyl groups is 1. The molecule has 0 rings (SSSR count). The van der Waals surface area contributed by atoms with Gasteiger partial charge in [0.15, 0.2) is 0 Å². The van der Waals surface area contributed by atoms with E-state index in [2.05, 4.69) is 44.4 Å². The van der Waals surface area contributed by atoms with Crippen LogP contribution in [0, 0.1) is 5.92 Å². The summed E-state index contributed by atoms with van der Waals surface area (Å²) in [5.41, 5.74) is -0.578. The van der Waals surface area contributed by atoms with Crippen molar-refractivity contribution in [3.63, 3.8) is 0 Å².